The Labute approximate surface area is 128 Å². The van der Waals surface area contributed by atoms with Crippen LogP contribution in [0.2, 0.25) is 0 Å². The van der Waals surface area contributed by atoms with Crippen LogP contribution in [0.1, 0.15) is 32.3 Å². The number of hydrogen-bond donors (Lipinski definition) is 2. The first-order chi connectivity index (χ1) is 9.35. The van der Waals surface area contributed by atoms with Gasteiger partial charge in [0.15, 0.2) is 0 Å². The summed E-state index contributed by atoms with van der Waals surface area (Å²) < 4.78 is 6.37. The van der Waals surface area contributed by atoms with E-state index in [0.717, 1.165) is 17.6 Å². The maximum atomic E-state index is 11.9. The van der Waals surface area contributed by atoms with Crippen LogP contribution in [0.25, 0.3) is 0 Å². The fraction of sp³-hybridized carbons (Fsp3) is 0.533. The van der Waals surface area contributed by atoms with Crippen LogP contribution in [-0.2, 0) is 4.74 Å². The van der Waals surface area contributed by atoms with Gasteiger partial charge in [-0.15, -0.1) is 0 Å². The van der Waals surface area contributed by atoms with E-state index in [1.807, 2.05) is 32.9 Å². The molecule has 1 aliphatic heterocycles. The second-order valence-electron chi connectivity index (χ2n) is 6.07. The molecule has 110 valence electrons. The van der Waals surface area contributed by atoms with Crippen LogP contribution >= 0.6 is 15.9 Å². The van der Waals surface area contributed by atoms with Gasteiger partial charge in [0.1, 0.15) is 5.60 Å². The third-order valence-electron chi connectivity index (χ3n) is 3.19. The van der Waals surface area contributed by atoms with E-state index in [1.54, 1.807) is 0 Å². The first-order valence-corrected chi connectivity index (χ1v) is 7.60. The Morgan fingerprint density at radius 3 is 2.80 bits per heavy atom. The molecule has 2 N–H and O–H groups in total. The Kier molecular flexibility index (Phi) is 4.70. The molecule has 0 spiro atoms. The van der Waals surface area contributed by atoms with Crippen LogP contribution in [0.4, 0.5) is 4.79 Å². The van der Waals surface area contributed by atoms with E-state index < -0.39 is 5.60 Å². The largest absolute Gasteiger partial charge is 0.444 e. The van der Waals surface area contributed by atoms with Gasteiger partial charge >= 0.3 is 6.09 Å². The van der Waals surface area contributed by atoms with Gasteiger partial charge in [-0.2, -0.15) is 0 Å². The van der Waals surface area contributed by atoms with Crippen molar-refractivity contribution in [2.75, 3.05) is 13.1 Å². The monoisotopic (exact) mass is 340 g/mol. The Morgan fingerprint density at radius 1 is 1.40 bits per heavy atom. The van der Waals surface area contributed by atoms with Crippen molar-refractivity contribution < 1.29 is 9.53 Å². The van der Waals surface area contributed by atoms with Crippen LogP contribution in [0.15, 0.2) is 28.7 Å². The summed E-state index contributed by atoms with van der Waals surface area (Å²) >= 11 is 3.49. The summed E-state index contributed by atoms with van der Waals surface area (Å²) in [5.41, 5.74) is 0.743. The maximum absolute atomic E-state index is 11.9. The van der Waals surface area contributed by atoms with Crippen molar-refractivity contribution in [1.82, 2.24) is 10.6 Å². The van der Waals surface area contributed by atoms with Gasteiger partial charge in [0, 0.05) is 23.5 Å². The molecule has 0 aliphatic carbocycles. The fourth-order valence-electron chi connectivity index (χ4n) is 2.38. The molecular formula is C15H21BrN2O2. The molecule has 1 heterocycles. The Hall–Kier alpha value is -1.07. The lowest BCUT2D eigenvalue weighted by Gasteiger charge is -2.24. The predicted molar refractivity (Wildman–Crippen MR) is 82.9 cm³/mol. The van der Waals surface area contributed by atoms with Gasteiger partial charge in [-0.25, -0.2) is 4.79 Å². The molecule has 2 atom stereocenters. The van der Waals surface area contributed by atoms with Crippen LogP contribution in [0, 0.1) is 0 Å². The highest BCUT2D eigenvalue weighted by Crippen LogP contribution is 2.25. The zero-order valence-electron chi connectivity index (χ0n) is 12.1. The van der Waals surface area contributed by atoms with Crippen molar-refractivity contribution in [2.45, 2.75) is 38.3 Å². The highest BCUT2D eigenvalue weighted by molar-refractivity contribution is 9.10. The number of halogens is 1. The zero-order chi connectivity index (χ0) is 14.8. The number of nitrogens with one attached hydrogen (secondary N) is 2. The lowest BCUT2D eigenvalue weighted by molar-refractivity contribution is 0.0504. The highest BCUT2D eigenvalue weighted by Gasteiger charge is 2.31. The van der Waals surface area contributed by atoms with Gasteiger partial charge in [0.25, 0.3) is 0 Å². The number of carbonyl (C=O) groups is 1. The second-order valence-corrected chi connectivity index (χ2v) is 6.99. The third-order valence-corrected chi connectivity index (χ3v) is 3.69. The van der Waals surface area contributed by atoms with Gasteiger partial charge in [-0.3, -0.25) is 0 Å². The van der Waals surface area contributed by atoms with Gasteiger partial charge in [0.05, 0.1) is 6.04 Å². The quantitative estimate of drug-likeness (QED) is 0.869. The standard InChI is InChI=1S/C15H21BrN2O2/c1-15(2,3)20-14(19)18-13-9-17-8-12(13)10-5-4-6-11(16)7-10/h4-7,12-13,17H,8-9H2,1-3H3,(H,18,19)/t12-,13-/m0/s1. The van der Waals surface area contributed by atoms with Crippen LogP contribution in [-0.4, -0.2) is 30.8 Å². The lowest BCUT2D eigenvalue weighted by Crippen LogP contribution is -2.42. The van der Waals surface area contributed by atoms with Crippen molar-refractivity contribution in [3.05, 3.63) is 34.3 Å². The molecule has 0 unspecified atom stereocenters. The van der Waals surface area contributed by atoms with Crippen molar-refractivity contribution >= 4 is 22.0 Å². The molecule has 0 bridgehead atoms. The molecule has 0 radical (unpaired) electrons. The van der Waals surface area contributed by atoms with Gasteiger partial charge < -0.3 is 15.4 Å². The summed E-state index contributed by atoms with van der Waals surface area (Å²) in [6.07, 6.45) is -0.355. The molecule has 1 saturated heterocycles. The summed E-state index contributed by atoms with van der Waals surface area (Å²) in [5.74, 6) is 0.264. The molecular weight excluding hydrogens is 320 g/mol. The molecule has 0 saturated carbocycles. The number of amides is 1. The van der Waals surface area contributed by atoms with E-state index in [-0.39, 0.29) is 18.1 Å². The first kappa shape index (κ1) is 15.3. The van der Waals surface area contributed by atoms with Gasteiger partial charge in [0.2, 0.25) is 0 Å². The second kappa shape index (κ2) is 6.14. The molecule has 1 fully saturated rings. The summed E-state index contributed by atoms with van der Waals surface area (Å²) in [5, 5.41) is 6.29. The molecule has 2 rings (SSSR count). The van der Waals surface area contributed by atoms with Crippen molar-refractivity contribution in [1.29, 1.82) is 0 Å². The van der Waals surface area contributed by atoms with E-state index in [1.165, 1.54) is 5.56 Å². The van der Waals surface area contributed by atoms with Gasteiger partial charge in [-0.05, 0) is 38.5 Å². The molecule has 1 aromatic rings. The first-order valence-electron chi connectivity index (χ1n) is 6.81. The number of hydrogen-bond acceptors (Lipinski definition) is 3. The van der Waals surface area contributed by atoms with Crippen molar-refractivity contribution in [2.24, 2.45) is 0 Å². The summed E-state index contributed by atoms with van der Waals surface area (Å²) in [6.45, 7) is 7.22. The fourth-order valence-corrected chi connectivity index (χ4v) is 2.79. The molecule has 1 aliphatic rings. The number of alkyl carbamates (subject to hydrolysis) is 1. The highest BCUT2D eigenvalue weighted by atomic mass is 79.9. The average molecular weight is 341 g/mol. The normalized spacial score (nSPS) is 22.6. The maximum Gasteiger partial charge on any atom is 0.407 e. The minimum Gasteiger partial charge on any atom is -0.444 e. The van der Waals surface area contributed by atoms with E-state index in [9.17, 15) is 4.79 Å². The van der Waals surface area contributed by atoms with Crippen molar-refractivity contribution in [3.63, 3.8) is 0 Å². The minimum absolute atomic E-state index is 0.0548. The van der Waals surface area contributed by atoms with Gasteiger partial charge in [-0.1, -0.05) is 28.1 Å². The summed E-state index contributed by atoms with van der Waals surface area (Å²) in [7, 11) is 0. The predicted octanol–water partition coefficient (Wildman–Crippen LogP) is 3.03. The van der Waals surface area contributed by atoms with Crippen LogP contribution in [0.3, 0.4) is 0 Å². The number of benzene rings is 1. The van der Waals surface area contributed by atoms with Crippen LogP contribution < -0.4 is 10.6 Å². The molecule has 4 nitrogen and oxygen atoms in total. The van der Waals surface area contributed by atoms with E-state index in [4.69, 9.17) is 4.74 Å². The zero-order valence-corrected chi connectivity index (χ0v) is 13.7. The van der Waals surface area contributed by atoms with E-state index in [2.05, 4.69) is 38.7 Å². The Bertz CT molecular complexity index is 485. The van der Waals surface area contributed by atoms with Crippen LogP contribution in [0.5, 0.6) is 0 Å². The molecule has 0 aromatic heterocycles. The topological polar surface area (TPSA) is 50.4 Å². The molecule has 1 aromatic carbocycles. The number of ether oxygens (including phenoxy) is 1. The summed E-state index contributed by atoms with van der Waals surface area (Å²) in [4.78, 5) is 11.9. The molecule has 20 heavy (non-hydrogen) atoms. The number of carbonyl (C=O) groups excluding carboxylic acids is 1. The average Bonchev–Trinajstić information content (AvgIpc) is 2.74. The molecule has 1 amide bonds. The number of rotatable bonds is 2. The summed E-state index contributed by atoms with van der Waals surface area (Å²) in [6, 6.07) is 8.26. The SMILES string of the molecule is CC(C)(C)OC(=O)N[C@H]1CNC[C@H]1c1cccc(Br)c1. The Balaban J connectivity index is 2.03. The van der Waals surface area contributed by atoms with E-state index >= 15 is 0 Å². The van der Waals surface area contributed by atoms with E-state index in [0.29, 0.717) is 0 Å². The lowest BCUT2D eigenvalue weighted by atomic mass is 9.94. The smallest absolute Gasteiger partial charge is 0.407 e. The molecule has 5 heteroatoms. The van der Waals surface area contributed by atoms with Crippen molar-refractivity contribution in [3.8, 4) is 0 Å². The Morgan fingerprint density at radius 2 is 2.15 bits per heavy atom. The third kappa shape index (κ3) is 4.21. The minimum atomic E-state index is -0.471.